The second-order valence-electron chi connectivity index (χ2n) is 5.14. The number of fused-ring (bicyclic) bond motifs is 1. The van der Waals surface area contributed by atoms with Gasteiger partial charge in [-0.2, -0.15) is 0 Å². The highest BCUT2D eigenvalue weighted by Gasteiger charge is 2.26. The number of carbonyl (C=O) groups is 1. The van der Waals surface area contributed by atoms with Crippen molar-refractivity contribution >= 4 is 38.9 Å². The smallest absolute Gasteiger partial charge is 0.328 e. The highest BCUT2D eigenvalue weighted by atomic mass is 79.9. The summed E-state index contributed by atoms with van der Waals surface area (Å²) in [7, 11) is 1.39. The van der Waals surface area contributed by atoms with E-state index < -0.39 is 6.04 Å². The molecular formula is C14H18BrN3O2. The summed E-state index contributed by atoms with van der Waals surface area (Å²) in [6.07, 6.45) is 0.648. The van der Waals surface area contributed by atoms with Gasteiger partial charge in [-0.05, 0) is 30.5 Å². The lowest BCUT2D eigenvalue weighted by atomic mass is 10.0. The zero-order chi connectivity index (χ0) is 14.9. The van der Waals surface area contributed by atoms with Gasteiger partial charge in [-0.15, -0.1) is 0 Å². The quantitative estimate of drug-likeness (QED) is 0.868. The molecule has 0 aliphatic heterocycles. The Morgan fingerprint density at radius 3 is 2.80 bits per heavy atom. The van der Waals surface area contributed by atoms with Crippen LogP contribution >= 0.6 is 15.9 Å². The second-order valence-corrected chi connectivity index (χ2v) is 6.06. The minimum absolute atomic E-state index is 0.301. The van der Waals surface area contributed by atoms with Gasteiger partial charge >= 0.3 is 5.97 Å². The van der Waals surface area contributed by atoms with E-state index in [-0.39, 0.29) is 5.97 Å². The van der Waals surface area contributed by atoms with Crippen LogP contribution in [-0.4, -0.2) is 22.6 Å². The van der Waals surface area contributed by atoms with E-state index in [4.69, 9.17) is 10.5 Å². The molecule has 1 atom stereocenters. The first-order chi connectivity index (χ1) is 9.43. The Kier molecular flexibility index (Phi) is 4.32. The monoisotopic (exact) mass is 339 g/mol. The maximum absolute atomic E-state index is 12.1. The molecule has 0 aliphatic carbocycles. The molecule has 0 aliphatic rings. The number of halogens is 1. The lowest BCUT2D eigenvalue weighted by Crippen LogP contribution is -2.23. The molecule has 0 fully saturated rings. The summed E-state index contributed by atoms with van der Waals surface area (Å²) in [5, 5.41) is 0. The standard InChI is InChI=1S/C14H18BrN3O2/c1-8(2)6-12(13(19)20-3)18-11-7-9(15)4-5-10(11)17-14(18)16/h4-5,7-8,12H,6H2,1-3H3,(H2,16,17). The maximum atomic E-state index is 12.1. The maximum Gasteiger partial charge on any atom is 0.328 e. The highest BCUT2D eigenvalue weighted by Crippen LogP contribution is 2.29. The molecule has 5 nitrogen and oxygen atoms in total. The predicted molar refractivity (Wildman–Crippen MR) is 82.4 cm³/mol. The van der Waals surface area contributed by atoms with Crippen LogP contribution in [0.15, 0.2) is 22.7 Å². The lowest BCUT2D eigenvalue weighted by molar-refractivity contribution is -0.145. The van der Waals surface area contributed by atoms with Crippen LogP contribution in [0.2, 0.25) is 0 Å². The average Bonchev–Trinajstić information content (AvgIpc) is 2.70. The van der Waals surface area contributed by atoms with Crippen LogP contribution in [-0.2, 0) is 9.53 Å². The van der Waals surface area contributed by atoms with Crippen molar-refractivity contribution in [1.29, 1.82) is 0 Å². The Labute approximate surface area is 126 Å². The number of nitrogens with zero attached hydrogens (tertiary/aromatic N) is 2. The number of ether oxygens (including phenoxy) is 1. The van der Waals surface area contributed by atoms with Crippen molar-refractivity contribution in [2.45, 2.75) is 26.3 Å². The Bertz CT molecular complexity index is 637. The Morgan fingerprint density at radius 1 is 1.50 bits per heavy atom. The van der Waals surface area contributed by atoms with E-state index in [2.05, 4.69) is 34.8 Å². The van der Waals surface area contributed by atoms with Crippen LogP contribution in [0.4, 0.5) is 5.95 Å². The van der Waals surface area contributed by atoms with E-state index in [0.717, 1.165) is 15.5 Å². The number of carbonyl (C=O) groups excluding carboxylic acids is 1. The van der Waals surface area contributed by atoms with Gasteiger partial charge in [0.15, 0.2) is 0 Å². The molecule has 2 rings (SSSR count). The van der Waals surface area contributed by atoms with Gasteiger partial charge in [0, 0.05) is 4.47 Å². The number of nitrogens with two attached hydrogens (primary N) is 1. The van der Waals surface area contributed by atoms with Gasteiger partial charge in [-0.3, -0.25) is 4.57 Å². The lowest BCUT2D eigenvalue weighted by Gasteiger charge is -2.20. The molecule has 1 heterocycles. The summed E-state index contributed by atoms with van der Waals surface area (Å²) >= 11 is 3.43. The van der Waals surface area contributed by atoms with Gasteiger partial charge in [-0.25, -0.2) is 9.78 Å². The van der Waals surface area contributed by atoms with Crippen LogP contribution in [0.1, 0.15) is 26.3 Å². The third-order valence-corrected chi connectivity index (χ3v) is 3.65. The van der Waals surface area contributed by atoms with Crippen molar-refractivity contribution < 1.29 is 9.53 Å². The van der Waals surface area contributed by atoms with Gasteiger partial charge in [0.05, 0.1) is 18.1 Å². The average molecular weight is 340 g/mol. The molecule has 2 N–H and O–H groups in total. The molecule has 0 saturated carbocycles. The van der Waals surface area contributed by atoms with Gasteiger partial charge in [0.2, 0.25) is 5.95 Å². The largest absolute Gasteiger partial charge is 0.467 e. The van der Waals surface area contributed by atoms with Crippen LogP contribution in [0.3, 0.4) is 0 Å². The Morgan fingerprint density at radius 2 is 2.20 bits per heavy atom. The molecule has 0 spiro atoms. The van der Waals surface area contributed by atoms with Crippen molar-refractivity contribution in [3.63, 3.8) is 0 Å². The fraction of sp³-hybridized carbons (Fsp3) is 0.429. The molecule has 20 heavy (non-hydrogen) atoms. The molecule has 0 saturated heterocycles. The molecule has 1 unspecified atom stereocenters. The van der Waals surface area contributed by atoms with Crippen molar-refractivity contribution in [1.82, 2.24) is 9.55 Å². The number of benzene rings is 1. The number of aromatic nitrogens is 2. The number of rotatable bonds is 4. The van der Waals surface area contributed by atoms with Gasteiger partial charge < -0.3 is 10.5 Å². The molecule has 2 aromatic rings. The third-order valence-electron chi connectivity index (χ3n) is 3.16. The SMILES string of the molecule is COC(=O)C(CC(C)C)n1c(N)nc2ccc(Br)cc21. The topological polar surface area (TPSA) is 70.1 Å². The summed E-state index contributed by atoms with van der Waals surface area (Å²) in [5.74, 6) is 0.363. The summed E-state index contributed by atoms with van der Waals surface area (Å²) in [4.78, 5) is 16.4. The van der Waals surface area contributed by atoms with Crippen molar-refractivity contribution in [2.24, 2.45) is 5.92 Å². The molecule has 0 radical (unpaired) electrons. The number of anilines is 1. The molecule has 1 aromatic carbocycles. The Hall–Kier alpha value is -1.56. The molecule has 1 aromatic heterocycles. The second kappa shape index (κ2) is 5.83. The normalized spacial score (nSPS) is 12.8. The van der Waals surface area contributed by atoms with Gasteiger partial charge in [0.25, 0.3) is 0 Å². The minimum Gasteiger partial charge on any atom is -0.467 e. The molecule has 108 valence electrons. The zero-order valence-electron chi connectivity index (χ0n) is 11.8. The summed E-state index contributed by atoms with van der Waals surface area (Å²) < 4.78 is 7.59. The fourth-order valence-electron chi connectivity index (χ4n) is 2.30. The van der Waals surface area contributed by atoms with E-state index in [1.165, 1.54) is 7.11 Å². The first-order valence-electron chi connectivity index (χ1n) is 6.44. The third kappa shape index (κ3) is 2.80. The fourth-order valence-corrected chi connectivity index (χ4v) is 2.65. The number of esters is 1. The molecule has 0 bridgehead atoms. The Balaban J connectivity index is 2.59. The van der Waals surface area contributed by atoms with E-state index >= 15 is 0 Å². The summed E-state index contributed by atoms with van der Waals surface area (Å²) in [6, 6.07) is 5.22. The molecule has 0 amide bonds. The first-order valence-corrected chi connectivity index (χ1v) is 7.24. The minimum atomic E-state index is -0.459. The zero-order valence-corrected chi connectivity index (χ0v) is 13.3. The van der Waals surface area contributed by atoms with Crippen LogP contribution in [0.5, 0.6) is 0 Å². The van der Waals surface area contributed by atoms with Crippen molar-refractivity contribution in [3.05, 3.63) is 22.7 Å². The van der Waals surface area contributed by atoms with Crippen molar-refractivity contribution in [3.8, 4) is 0 Å². The summed E-state index contributed by atoms with van der Waals surface area (Å²) in [5.41, 5.74) is 7.60. The number of methoxy groups -OCH3 is 1. The van der Waals surface area contributed by atoms with E-state index in [9.17, 15) is 4.79 Å². The predicted octanol–water partition coefficient (Wildman–Crippen LogP) is 3.14. The molecular weight excluding hydrogens is 322 g/mol. The van der Waals surface area contributed by atoms with Gasteiger partial charge in [0.1, 0.15) is 6.04 Å². The summed E-state index contributed by atoms with van der Waals surface area (Å²) in [6.45, 7) is 4.11. The van der Waals surface area contributed by atoms with E-state index in [1.54, 1.807) is 4.57 Å². The number of hydrogen-bond acceptors (Lipinski definition) is 4. The molecule has 6 heteroatoms. The van der Waals surface area contributed by atoms with E-state index in [1.807, 2.05) is 18.2 Å². The van der Waals surface area contributed by atoms with E-state index in [0.29, 0.717) is 18.3 Å². The van der Waals surface area contributed by atoms with Crippen molar-refractivity contribution in [2.75, 3.05) is 12.8 Å². The first kappa shape index (κ1) is 14.8. The number of nitrogen functional groups attached to an aromatic ring is 1. The number of hydrogen-bond donors (Lipinski definition) is 1. The van der Waals surface area contributed by atoms with Crippen LogP contribution in [0.25, 0.3) is 11.0 Å². The highest BCUT2D eigenvalue weighted by molar-refractivity contribution is 9.10. The van der Waals surface area contributed by atoms with Crippen LogP contribution in [0, 0.1) is 5.92 Å². The van der Waals surface area contributed by atoms with Gasteiger partial charge in [-0.1, -0.05) is 29.8 Å². The van der Waals surface area contributed by atoms with Crippen LogP contribution < -0.4 is 5.73 Å². The number of imidazole rings is 1.